The molecule has 7 nitrogen and oxygen atoms in total. The van der Waals surface area contributed by atoms with Crippen molar-refractivity contribution in [2.75, 3.05) is 5.73 Å². The van der Waals surface area contributed by atoms with Crippen LogP contribution in [0.4, 0.5) is 5.82 Å². The summed E-state index contributed by atoms with van der Waals surface area (Å²) < 4.78 is 6.84. The van der Waals surface area contributed by atoms with Gasteiger partial charge in [0.05, 0.1) is 23.4 Å². The van der Waals surface area contributed by atoms with Crippen molar-refractivity contribution in [3.8, 4) is 28.3 Å². The summed E-state index contributed by atoms with van der Waals surface area (Å²) in [6.45, 7) is 0. The van der Waals surface area contributed by atoms with Gasteiger partial charge in [0.15, 0.2) is 0 Å². The normalized spacial score (nSPS) is 13.6. The van der Waals surface area contributed by atoms with Crippen LogP contribution in [0.25, 0.3) is 22.4 Å². The molecular formula is C18H17N5O2. The Kier molecular flexibility index (Phi) is 3.68. The molecule has 0 saturated heterocycles. The zero-order valence-electron chi connectivity index (χ0n) is 13.7. The number of rotatable bonds is 4. The molecule has 3 aromatic rings. The number of esters is 1. The fourth-order valence-electron chi connectivity index (χ4n) is 2.49. The van der Waals surface area contributed by atoms with Crippen LogP contribution in [0.15, 0.2) is 42.9 Å². The van der Waals surface area contributed by atoms with Gasteiger partial charge in [-0.2, -0.15) is 5.10 Å². The van der Waals surface area contributed by atoms with E-state index in [4.69, 9.17) is 10.5 Å². The molecule has 2 N–H and O–H groups in total. The second-order valence-corrected chi connectivity index (χ2v) is 6.08. The number of ether oxygens (including phenoxy) is 1. The topological polar surface area (TPSA) is 95.9 Å². The molecule has 1 saturated carbocycles. The second kappa shape index (κ2) is 6.01. The van der Waals surface area contributed by atoms with Crippen molar-refractivity contribution in [1.29, 1.82) is 0 Å². The van der Waals surface area contributed by atoms with E-state index in [1.165, 1.54) is 0 Å². The van der Waals surface area contributed by atoms with E-state index in [1.807, 2.05) is 18.2 Å². The number of nitrogens with zero attached hydrogens (tertiary/aromatic N) is 4. The van der Waals surface area contributed by atoms with Crippen molar-refractivity contribution in [1.82, 2.24) is 19.7 Å². The van der Waals surface area contributed by atoms with Crippen LogP contribution in [-0.2, 0) is 11.8 Å². The van der Waals surface area contributed by atoms with E-state index >= 15 is 0 Å². The smallest absolute Gasteiger partial charge is 0.315 e. The van der Waals surface area contributed by atoms with Crippen LogP contribution in [0.1, 0.15) is 12.8 Å². The summed E-state index contributed by atoms with van der Waals surface area (Å²) in [5, 5.41) is 4.12. The Hall–Kier alpha value is -3.22. The van der Waals surface area contributed by atoms with Crippen molar-refractivity contribution in [2.24, 2.45) is 13.0 Å². The van der Waals surface area contributed by atoms with Crippen molar-refractivity contribution in [3.05, 3.63) is 42.9 Å². The molecule has 0 spiro atoms. The highest BCUT2D eigenvalue weighted by molar-refractivity contribution is 5.77. The van der Waals surface area contributed by atoms with Crippen molar-refractivity contribution in [2.45, 2.75) is 12.8 Å². The number of hydrogen-bond acceptors (Lipinski definition) is 6. The van der Waals surface area contributed by atoms with Crippen molar-refractivity contribution in [3.63, 3.8) is 0 Å². The van der Waals surface area contributed by atoms with E-state index in [9.17, 15) is 4.79 Å². The Morgan fingerprint density at radius 1 is 1.12 bits per heavy atom. The lowest BCUT2D eigenvalue weighted by Crippen LogP contribution is -2.10. The first-order valence-electron chi connectivity index (χ1n) is 8.04. The third-order valence-corrected chi connectivity index (χ3v) is 4.21. The molecule has 4 rings (SSSR count). The molecule has 0 bridgehead atoms. The molecule has 1 aliphatic rings. The lowest BCUT2D eigenvalue weighted by Gasteiger charge is -2.05. The van der Waals surface area contributed by atoms with Gasteiger partial charge in [-0.05, 0) is 25.0 Å². The van der Waals surface area contributed by atoms with Crippen molar-refractivity contribution >= 4 is 11.8 Å². The molecule has 1 fully saturated rings. The standard InChI is InChI=1S/C18H17N5O2/c1-23-17(19)14(10-22-23)15-6-4-12(8-20-15)13-5-7-16(21-9-13)25-18(24)11-2-3-11/h4-11H,2-3,19H2,1H3. The lowest BCUT2D eigenvalue weighted by molar-refractivity contribution is -0.136. The number of hydrogen-bond donors (Lipinski definition) is 1. The predicted molar refractivity (Wildman–Crippen MR) is 92.4 cm³/mol. The van der Waals surface area contributed by atoms with E-state index in [2.05, 4.69) is 15.1 Å². The average Bonchev–Trinajstić information content (AvgIpc) is 3.43. The number of aryl methyl sites for hydroxylation is 1. The molecule has 0 radical (unpaired) electrons. The molecular weight excluding hydrogens is 318 g/mol. The minimum atomic E-state index is -0.194. The monoisotopic (exact) mass is 335 g/mol. The zero-order valence-corrected chi connectivity index (χ0v) is 13.7. The Morgan fingerprint density at radius 3 is 2.36 bits per heavy atom. The van der Waals surface area contributed by atoms with Gasteiger partial charge in [0.2, 0.25) is 5.88 Å². The molecule has 0 aliphatic heterocycles. The summed E-state index contributed by atoms with van der Waals surface area (Å²) in [7, 11) is 1.79. The molecule has 3 aromatic heterocycles. The molecule has 1 aliphatic carbocycles. The average molecular weight is 335 g/mol. The zero-order chi connectivity index (χ0) is 17.4. The van der Waals surface area contributed by atoms with Gasteiger partial charge in [0, 0.05) is 36.6 Å². The van der Waals surface area contributed by atoms with E-state index in [0.29, 0.717) is 11.7 Å². The Balaban J connectivity index is 1.51. The van der Waals surface area contributed by atoms with Gasteiger partial charge < -0.3 is 10.5 Å². The van der Waals surface area contributed by atoms with Crippen LogP contribution in [0.2, 0.25) is 0 Å². The summed E-state index contributed by atoms with van der Waals surface area (Å²) in [5.74, 6) is 0.760. The first kappa shape index (κ1) is 15.3. The highest BCUT2D eigenvalue weighted by Gasteiger charge is 2.31. The van der Waals surface area contributed by atoms with Crippen LogP contribution in [-0.4, -0.2) is 25.7 Å². The summed E-state index contributed by atoms with van der Waals surface area (Å²) >= 11 is 0. The van der Waals surface area contributed by atoms with Gasteiger partial charge in [-0.3, -0.25) is 14.5 Å². The molecule has 126 valence electrons. The first-order valence-corrected chi connectivity index (χ1v) is 8.04. The van der Waals surface area contributed by atoms with Crippen LogP contribution in [0, 0.1) is 5.92 Å². The predicted octanol–water partition coefficient (Wildman–Crippen LogP) is 2.44. The van der Waals surface area contributed by atoms with Gasteiger partial charge in [0.1, 0.15) is 5.82 Å². The van der Waals surface area contributed by atoms with Crippen molar-refractivity contribution < 1.29 is 9.53 Å². The fraction of sp³-hybridized carbons (Fsp3) is 0.222. The Labute approximate surface area is 144 Å². The maximum Gasteiger partial charge on any atom is 0.315 e. The van der Waals surface area contributed by atoms with Crippen LogP contribution >= 0.6 is 0 Å². The van der Waals surface area contributed by atoms with Gasteiger partial charge in [-0.1, -0.05) is 6.07 Å². The number of pyridine rings is 2. The van der Waals surface area contributed by atoms with Crippen LogP contribution < -0.4 is 10.5 Å². The van der Waals surface area contributed by atoms with E-state index in [1.54, 1.807) is 36.4 Å². The molecule has 0 amide bonds. The van der Waals surface area contributed by atoms with Gasteiger partial charge in [-0.15, -0.1) is 0 Å². The number of nitrogens with two attached hydrogens (primary N) is 1. The van der Waals surface area contributed by atoms with Gasteiger partial charge in [-0.25, -0.2) is 4.98 Å². The van der Waals surface area contributed by atoms with E-state index in [-0.39, 0.29) is 11.9 Å². The summed E-state index contributed by atoms with van der Waals surface area (Å²) in [6.07, 6.45) is 6.95. The molecule has 3 heterocycles. The first-order chi connectivity index (χ1) is 12.1. The number of carbonyl (C=O) groups is 1. The maximum atomic E-state index is 11.6. The quantitative estimate of drug-likeness (QED) is 0.736. The lowest BCUT2D eigenvalue weighted by atomic mass is 10.1. The number of carbonyl (C=O) groups excluding carboxylic acids is 1. The van der Waals surface area contributed by atoms with Crippen LogP contribution in [0.3, 0.4) is 0 Å². The summed E-state index contributed by atoms with van der Waals surface area (Å²) in [6, 6.07) is 7.39. The Bertz CT molecular complexity index is 912. The molecule has 0 aromatic carbocycles. The third-order valence-electron chi connectivity index (χ3n) is 4.21. The van der Waals surface area contributed by atoms with E-state index < -0.39 is 0 Å². The molecule has 7 heteroatoms. The highest BCUT2D eigenvalue weighted by atomic mass is 16.5. The third kappa shape index (κ3) is 3.08. The molecule has 0 atom stereocenters. The number of nitrogen functional groups attached to an aromatic ring is 1. The SMILES string of the molecule is Cn1ncc(-c2ccc(-c3ccc(OC(=O)C4CC4)nc3)cn2)c1N. The summed E-state index contributed by atoms with van der Waals surface area (Å²) in [5.41, 5.74) is 9.35. The highest BCUT2D eigenvalue weighted by Crippen LogP contribution is 2.31. The summed E-state index contributed by atoms with van der Waals surface area (Å²) in [4.78, 5) is 20.3. The van der Waals surface area contributed by atoms with Crippen LogP contribution in [0.5, 0.6) is 5.88 Å². The maximum absolute atomic E-state index is 11.6. The molecule has 25 heavy (non-hydrogen) atoms. The number of anilines is 1. The van der Waals surface area contributed by atoms with Gasteiger partial charge >= 0.3 is 5.97 Å². The molecule has 0 unspecified atom stereocenters. The fourth-order valence-corrected chi connectivity index (χ4v) is 2.49. The minimum absolute atomic E-state index is 0.0538. The number of aromatic nitrogens is 4. The minimum Gasteiger partial charge on any atom is -0.407 e. The second-order valence-electron chi connectivity index (χ2n) is 6.08. The largest absolute Gasteiger partial charge is 0.407 e. The van der Waals surface area contributed by atoms with Gasteiger partial charge in [0.25, 0.3) is 0 Å². The van der Waals surface area contributed by atoms with E-state index in [0.717, 1.165) is 35.2 Å². The Morgan fingerprint density at radius 2 is 1.84 bits per heavy atom.